The van der Waals surface area contributed by atoms with Crippen molar-refractivity contribution in [1.82, 2.24) is 0 Å². The summed E-state index contributed by atoms with van der Waals surface area (Å²) in [5.74, 6) is 2.13. The van der Waals surface area contributed by atoms with Gasteiger partial charge in [0.15, 0.2) is 0 Å². The third-order valence-electron chi connectivity index (χ3n) is 3.33. The summed E-state index contributed by atoms with van der Waals surface area (Å²) in [6, 6.07) is 15.4. The van der Waals surface area contributed by atoms with E-state index >= 15 is 0 Å². The minimum Gasteiger partial charge on any atom is -0.458 e. The van der Waals surface area contributed by atoms with Crippen LogP contribution in [0.3, 0.4) is 0 Å². The largest absolute Gasteiger partial charge is 0.458 e. The van der Waals surface area contributed by atoms with E-state index in [9.17, 15) is 0 Å². The fourth-order valence-corrected chi connectivity index (χ4v) is 1.95. The van der Waals surface area contributed by atoms with Crippen LogP contribution >= 0.6 is 11.6 Å². The Kier molecular flexibility index (Phi) is 5.31. The van der Waals surface area contributed by atoms with Crippen molar-refractivity contribution < 1.29 is 9.47 Å². The maximum Gasteiger partial charge on any atom is 0.230 e. The Hall–Kier alpha value is -1.67. The lowest BCUT2D eigenvalue weighted by molar-refractivity contribution is 0.120. The third kappa shape index (κ3) is 4.17. The number of benzene rings is 2. The summed E-state index contributed by atoms with van der Waals surface area (Å²) >= 11 is 5.81. The van der Waals surface area contributed by atoms with Gasteiger partial charge in [-0.05, 0) is 54.3 Å². The van der Waals surface area contributed by atoms with Crippen LogP contribution in [0.4, 0.5) is 0 Å². The van der Waals surface area contributed by atoms with Crippen LogP contribution in [0.25, 0.3) is 0 Å². The van der Waals surface area contributed by atoms with Crippen LogP contribution in [-0.4, -0.2) is 6.79 Å². The van der Waals surface area contributed by atoms with Crippen molar-refractivity contribution in [2.24, 2.45) is 0 Å². The lowest BCUT2D eigenvalue weighted by Crippen LogP contribution is -2.05. The highest BCUT2D eigenvalue weighted by atomic mass is 35.5. The minimum absolute atomic E-state index is 0.185. The predicted molar refractivity (Wildman–Crippen MR) is 82.7 cm³/mol. The Morgan fingerprint density at radius 3 is 1.90 bits per heavy atom. The van der Waals surface area contributed by atoms with Gasteiger partial charge in [0.2, 0.25) is 6.79 Å². The molecule has 2 aromatic carbocycles. The van der Waals surface area contributed by atoms with Crippen molar-refractivity contribution in [3.8, 4) is 11.5 Å². The molecule has 106 valence electrons. The summed E-state index contributed by atoms with van der Waals surface area (Å²) in [6.07, 6.45) is 1.14. The molecule has 3 heteroatoms. The van der Waals surface area contributed by atoms with Crippen LogP contribution in [0, 0.1) is 0 Å². The molecular formula is C17H19ClO2. The van der Waals surface area contributed by atoms with Crippen LogP contribution < -0.4 is 9.47 Å². The maximum atomic E-state index is 5.81. The molecule has 0 N–H and O–H groups in total. The zero-order chi connectivity index (χ0) is 14.4. The number of hydrogen-bond donors (Lipinski definition) is 0. The molecule has 0 bridgehead atoms. The molecule has 2 aromatic rings. The first-order valence-electron chi connectivity index (χ1n) is 6.80. The first-order chi connectivity index (χ1) is 9.69. The van der Waals surface area contributed by atoms with Gasteiger partial charge in [0.1, 0.15) is 11.5 Å². The van der Waals surface area contributed by atoms with E-state index < -0.39 is 0 Å². The van der Waals surface area contributed by atoms with E-state index in [1.54, 1.807) is 12.1 Å². The van der Waals surface area contributed by atoms with Crippen molar-refractivity contribution in [2.45, 2.75) is 26.2 Å². The van der Waals surface area contributed by atoms with Gasteiger partial charge in [-0.2, -0.15) is 0 Å². The van der Waals surface area contributed by atoms with Crippen molar-refractivity contribution in [3.63, 3.8) is 0 Å². The topological polar surface area (TPSA) is 18.5 Å². The number of hydrogen-bond acceptors (Lipinski definition) is 2. The van der Waals surface area contributed by atoms with E-state index in [-0.39, 0.29) is 6.79 Å². The first kappa shape index (κ1) is 14.7. The molecule has 0 fully saturated rings. The van der Waals surface area contributed by atoms with Crippen LogP contribution in [0.1, 0.15) is 31.7 Å². The normalized spacial score (nSPS) is 11.9. The molecule has 0 heterocycles. The second-order valence-electron chi connectivity index (χ2n) is 4.74. The van der Waals surface area contributed by atoms with Gasteiger partial charge in [-0.25, -0.2) is 0 Å². The highest BCUT2D eigenvalue weighted by Gasteiger charge is 2.02. The highest BCUT2D eigenvalue weighted by Crippen LogP contribution is 2.22. The SMILES string of the molecule is CCC(C)c1ccc(OCOc2ccc(Cl)cc2)cc1. The molecule has 2 rings (SSSR count). The number of ether oxygens (including phenoxy) is 2. The van der Waals surface area contributed by atoms with E-state index in [1.807, 2.05) is 24.3 Å². The van der Waals surface area contributed by atoms with Gasteiger partial charge in [-0.1, -0.05) is 37.6 Å². The molecule has 0 radical (unpaired) electrons. The van der Waals surface area contributed by atoms with Crippen LogP contribution in [0.15, 0.2) is 48.5 Å². The molecule has 2 nitrogen and oxygen atoms in total. The van der Waals surface area contributed by atoms with Crippen molar-refractivity contribution in [2.75, 3.05) is 6.79 Å². The van der Waals surface area contributed by atoms with Gasteiger partial charge in [0.05, 0.1) is 0 Å². The molecule has 0 saturated carbocycles. The van der Waals surface area contributed by atoms with E-state index in [0.29, 0.717) is 10.9 Å². The van der Waals surface area contributed by atoms with Gasteiger partial charge in [-0.3, -0.25) is 0 Å². The van der Waals surface area contributed by atoms with Gasteiger partial charge in [0.25, 0.3) is 0 Å². The van der Waals surface area contributed by atoms with E-state index in [2.05, 4.69) is 26.0 Å². The molecule has 1 unspecified atom stereocenters. The lowest BCUT2D eigenvalue weighted by atomic mass is 9.99. The second-order valence-corrected chi connectivity index (χ2v) is 5.18. The third-order valence-corrected chi connectivity index (χ3v) is 3.58. The summed E-state index contributed by atoms with van der Waals surface area (Å²) in [6.45, 7) is 4.60. The summed E-state index contributed by atoms with van der Waals surface area (Å²) < 4.78 is 11.0. The lowest BCUT2D eigenvalue weighted by Gasteiger charge is -2.11. The monoisotopic (exact) mass is 290 g/mol. The summed E-state index contributed by atoms with van der Waals surface area (Å²) in [5.41, 5.74) is 1.33. The van der Waals surface area contributed by atoms with Gasteiger partial charge >= 0.3 is 0 Å². The van der Waals surface area contributed by atoms with Crippen LogP contribution in [0.2, 0.25) is 5.02 Å². The zero-order valence-corrected chi connectivity index (χ0v) is 12.6. The molecule has 0 amide bonds. The quantitative estimate of drug-likeness (QED) is 0.675. The molecule has 0 aliphatic carbocycles. The number of halogens is 1. The Balaban J connectivity index is 1.83. The minimum atomic E-state index is 0.185. The van der Waals surface area contributed by atoms with E-state index in [1.165, 1.54) is 5.56 Å². The van der Waals surface area contributed by atoms with E-state index in [0.717, 1.165) is 17.9 Å². The fourth-order valence-electron chi connectivity index (χ4n) is 1.82. The molecule has 0 aromatic heterocycles. The molecular weight excluding hydrogens is 272 g/mol. The highest BCUT2D eigenvalue weighted by molar-refractivity contribution is 6.30. The second kappa shape index (κ2) is 7.20. The average molecular weight is 291 g/mol. The molecule has 0 aliphatic rings. The summed E-state index contributed by atoms with van der Waals surface area (Å²) in [4.78, 5) is 0. The van der Waals surface area contributed by atoms with Gasteiger partial charge < -0.3 is 9.47 Å². The summed E-state index contributed by atoms with van der Waals surface area (Å²) in [5, 5.41) is 0.693. The van der Waals surface area contributed by atoms with E-state index in [4.69, 9.17) is 21.1 Å². The van der Waals surface area contributed by atoms with Crippen molar-refractivity contribution in [1.29, 1.82) is 0 Å². The average Bonchev–Trinajstić information content (AvgIpc) is 2.49. The van der Waals surface area contributed by atoms with Crippen LogP contribution in [0.5, 0.6) is 11.5 Å². The smallest absolute Gasteiger partial charge is 0.230 e. The molecule has 0 spiro atoms. The Morgan fingerprint density at radius 1 is 0.900 bits per heavy atom. The Bertz CT molecular complexity index is 520. The van der Waals surface area contributed by atoms with Crippen molar-refractivity contribution in [3.05, 3.63) is 59.1 Å². The molecule has 0 aliphatic heterocycles. The molecule has 0 saturated heterocycles. The number of rotatable bonds is 6. The van der Waals surface area contributed by atoms with Gasteiger partial charge in [-0.15, -0.1) is 0 Å². The molecule has 20 heavy (non-hydrogen) atoms. The first-order valence-corrected chi connectivity index (χ1v) is 7.18. The Morgan fingerprint density at radius 2 is 1.40 bits per heavy atom. The van der Waals surface area contributed by atoms with Gasteiger partial charge in [0, 0.05) is 5.02 Å². The molecule has 1 atom stereocenters. The summed E-state index contributed by atoms with van der Waals surface area (Å²) in [7, 11) is 0. The fraction of sp³-hybridized carbons (Fsp3) is 0.294. The maximum absolute atomic E-state index is 5.81. The predicted octanol–water partition coefficient (Wildman–Crippen LogP) is 5.27. The van der Waals surface area contributed by atoms with Crippen molar-refractivity contribution >= 4 is 11.6 Å². The zero-order valence-electron chi connectivity index (χ0n) is 11.8. The standard InChI is InChI=1S/C17H19ClO2/c1-3-13(2)14-4-8-16(9-5-14)19-12-20-17-10-6-15(18)7-11-17/h4-11,13H,3,12H2,1-2H3. The van der Waals surface area contributed by atoms with Crippen LogP contribution in [-0.2, 0) is 0 Å². The Labute approximate surface area is 125 Å².